The Kier molecular flexibility index (Phi) is 6.88. The largest absolute Gasteiger partial charge is 0.496 e. The van der Waals surface area contributed by atoms with Crippen molar-refractivity contribution < 1.29 is 14.3 Å². The highest BCUT2D eigenvalue weighted by Gasteiger charge is 2.14. The second kappa shape index (κ2) is 8.90. The van der Waals surface area contributed by atoms with Gasteiger partial charge in [-0.15, -0.1) is 0 Å². The minimum Gasteiger partial charge on any atom is -0.496 e. The van der Waals surface area contributed by atoms with Crippen LogP contribution in [-0.2, 0) is 4.79 Å². The van der Waals surface area contributed by atoms with Gasteiger partial charge in [-0.25, -0.2) is 0 Å². The Balaban J connectivity index is 1.97. The molecule has 0 aliphatic carbocycles. The molecule has 4 nitrogen and oxygen atoms in total. The first-order chi connectivity index (χ1) is 11.9. The van der Waals surface area contributed by atoms with Crippen LogP contribution in [0.15, 0.2) is 40.9 Å². The highest BCUT2D eigenvalue weighted by atomic mass is 79.9. The number of hydrogen-bond donors (Lipinski definition) is 1. The van der Waals surface area contributed by atoms with Crippen molar-refractivity contribution in [1.29, 1.82) is 0 Å². The van der Waals surface area contributed by atoms with Crippen LogP contribution in [0, 0.1) is 13.8 Å². The summed E-state index contributed by atoms with van der Waals surface area (Å²) in [4.78, 5) is 12.2. The molecule has 0 aliphatic heterocycles. The van der Waals surface area contributed by atoms with Gasteiger partial charge in [0.05, 0.1) is 13.2 Å². The number of ether oxygens (including phenoxy) is 2. The monoisotopic (exact) mass is 405 g/mol. The van der Waals surface area contributed by atoms with Crippen molar-refractivity contribution in [3.63, 3.8) is 0 Å². The first-order valence-electron chi connectivity index (χ1n) is 8.27. The maximum absolute atomic E-state index is 12.2. The zero-order valence-corrected chi connectivity index (χ0v) is 16.6. The molecule has 1 N–H and O–H groups in total. The lowest BCUT2D eigenvalue weighted by Crippen LogP contribution is -2.32. The lowest BCUT2D eigenvalue weighted by atomic mass is 10.0. The van der Waals surface area contributed by atoms with E-state index in [1.54, 1.807) is 7.11 Å². The van der Waals surface area contributed by atoms with Gasteiger partial charge in [0.2, 0.25) is 0 Å². The summed E-state index contributed by atoms with van der Waals surface area (Å²) >= 11 is 3.45. The van der Waals surface area contributed by atoms with E-state index in [9.17, 15) is 4.79 Å². The predicted octanol–water partition coefficient (Wildman–Crippen LogP) is 4.72. The Morgan fingerprint density at radius 1 is 1.16 bits per heavy atom. The molecule has 0 fully saturated rings. The van der Waals surface area contributed by atoms with E-state index < -0.39 is 0 Å². The van der Waals surface area contributed by atoms with Gasteiger partial charge in [-0.05, 0) is 61.2 Å². The molecule has 0 aromatic heterocycles. The average Bonchev–Trinajstić information content (AvgIpc) is 2.60. The third-order valence-corrected chi connectivity index (χ3v) is 4.95. The number of aryl methyl sites for hydroxylation is 2. The van der Waals surface area contributed by atoms with Gasteiger partial charge in [-0.3, -0.25) is 4.79 Å². The van der Waals surface area contributed by atoms with Gasteiger partial charge >= 0.3 is 0 Å². The van der Waals surface area contributed by atoms with Crippen LogP contribution in [0.1, 0.15) is 36.1 Å². The molecule has 0 bridgehead atoms. The van der Waals surface area contributed by atoms with E-state index in [1.807, 2.05) is 57.2 Å². The second-order valence-electron chi connectivity index (χ2n) is 5.96. The number of methoxy groups -OCH3 is 1. The molecule has 2 aromatic rings. The third-order valence-electron chi connectivity index (χ3n) is 4.06. The molecule has 0 spiro atoms. The molecule has 0 unspecified atom stereocenters. The summed E-state index contributed by atoms with van der Waals surface area (Å²) in [6.45, 7) is 6.02. The number of nitrogens with one attached hydrogen (secondary N) is 1. The van der Waals surface area contributed by atoms with Crippen LogP contribution in [0.2, 0.25) is 0 Å². The van der Waals surface area contributed by atoms with Crippen molar-refractivity contribution in [2.45, 2.75) is 33.2 Å². The van der Waals surface area contributed by atoms with E-state index in [4.69, 9.17) is 9.47 Å². The standard InChI is InChI=1S/C20H24BrNO3/c1-5-18(15-6-9-19(24-4)14(3)10-15)22-20(23)12-25-16-7-8-17(21)13(2)11-16/h6-11,18H,5,12H2,1-4H3,(H,22,23)/t18-/m1/s1. The fraction of sp³-hybridized carbons (Fsp3) is 0.350. The van der Waals surface area contributed by atoms with Crippen LogP contribution < -0.4 is 14.8 Å². The molecule has 0 heterocycles. The average molecular weight is 406 g/mol. The zero-order chi connectivity index (χ0) is 18.4. The number of rotatable bonds is 7. The van der Waals surface area contributed by atoms with Gasteiger partial charge in [0.15, 0.2) is 6.61 Å². The topological polar surface area (TPSA) is 47.6 Å². The van der Waals surface area contributed by atoms with Crippen LogP contribution >= 0.6 is 15.9 Å². The van der Waals surface area contributed by atoms with Gasteiger partial charge in [0, 0.05) is 4.47 Å². The summed E-state index contributed by atoms with van der Waals surface area (Å²) in [5, 5.41) is 3.03. The maximum Gasteiger partial charge on any atom is 0.258 e. The van der Waals surface area contributed by atoms with Crippen LogP contribution in [0.25, 0.3) is 0 Å². The normalized spacial score (nSPS) is 11.7. The molecular formula is C20H24BrNO3. The van der Waals surface area contributed by atoms with Crippen molar-refractivity contribution >= 4 is 21.8 Å². The lowest BCUT2D eigenvalue weighted by molar-refractivity contribution is -0.123. The summed E-state index contributed by atoms with van der Waals surface area (Å²) in [6.07, 6.45) is 0.800. The molecule has 0 aliphatic rings. The van der Waals surface area contributed by atoms with Crippen LogP contribution in [0.5, 0.6) is 11.5 Å². The molecule has 1 atom stereocenters. The minimum absolute atomic E-state index is 0.00723. The van der Waals surface area contributed by atoms with Crippen molar-refractivity contribution in [2.24, 2.45) is 0 Å². The van der Waals surface area contributed by atoms with Crippen LogP contribution in [0.4, 0.5) is 0 Å². The van der Waals surface area contributed by atoms with Gasteiger partial charge in [0.1, 0.15) is 11.5 Å². The summed E-state index contributed by atoms with van der Waals surface area (Å²) in [5.41, 5.74) is 3.18. The molecule has 25 heavy (non-hydrogen) atoms. The molecule has 134 valence electrons. The highest BCUT2D eigenvalue weighted by molar-refractivity contribution is 9.10. The van der Waals surface area contributed by atoms with Crippen molar-refractivity contribution in [1.82, 2.24) is 5.32 Å². The SMILES string of the molecule is CC[C@@H](NC(=O)COc1ccc(Br)c(C)c1)c1ccc(OC)c(C)c1. The fourth-order valence-corrected chi connectivity index (χ4v) is 2.88. The quantitative estimate of drug-likeness (QED) is 0.724. The van der Waals surface area contributed by atoms with Gasteiger partial charge in [-0.2, -0.15) is 0 Å². The summed E-state index contributed by atoms with van der Waals surface area (Å²) in [7, 11) is 1.66. The van der Waals surface area contributed by atoms with E-state index in [0.717, 1.165) is 33.3 Å². The Morgan fingerprint density at radius 3 is 2.52 bits per heavy atom. The Morgan fingerprint density at radius 2 is 1.92 bits per heavy atom. The molecule has 2 rings (SSSR count). The number of carbonyl (C=O) groups excluding carboxylic acids is 1. The first kappa shape index (κ1) is 19.3. The second-order valence-corrected chi connectivity index (χ2v) is 6.81. The molecule has 5 heteroatoms. The smallest absolute Gasteiger partial charge is 0.258 e. The van der Waals surface area contributed by atoms with E-state index in [0.29, 0.717) is 5.75 Å². The van der Waals surface area contributed by atoms with Crippen molar-refractivity contribution in [3.8, 4) is 11.5 Å². The Bertz CT molecular complexity index is 746. The molecule has 0 saturated carbocycles. The van der Waals surface area contributed by atoms with Crippen molar-refractivity contribution in [2.75, 3.05) is 13.7 Å². The fourth-order valence-electron chi connectivity index (χ4n) is 2.63. The highest BCUT2D eigenvalue weighted by Crippen LogP contribution is 2.24. The van der Waals surface area contributed by atoms with Gasteiger partial charge in [-0.1, -0.05) is 35.0 Å². The molecular weight excluding hydrogens is 382 g/mol. The Labute approximate surface area is 157 Å². The number of halogens is 1. The number of benzene rings is 2. The first-order valence-corrected chi connectivity index (χ1v) is 9.06. The zero-order valence-electron chi connectivity index (χ0n) is 15.1. The predicted molar refractivity (Wildman–Crippen MR) is 103 cm³/mol. The van der Waals surface area contributed by atoms with E-state index >= 15 is 0 Å². The summed E-state index contributed by atoms with van der Waals surface area (Å²) in [5.74, 6) is 1.39. The number of hydrogen-bond acceptors (Lipinski definition) is 3. The lowest BCUT2D eigenvalue weighted by Gasteiger charge is -2.19. The number of carbonyl (C=O) groups is 1. The minimum atomic E-state index is -0.138. The summed E-state index contributed by atoms with van der Waals surface area (Å²) in [6, 6.07) is 11.6. The third kappa shape index (κ3) is 5.23. The summed E-state index contributed by atoms with van der Waals surface area (Å²) < 4.78 is 11.9. The maximum atomic E-state index is 12.2. The molecule has 2 aromatic carbocycles. The van der Waals surface area contributed by atoms with Gasteiger partial charge < -0.3 is 14.8 Å². The van der Waals surface area contributed by atoms with Crippen LogP contribution in [-0.4, -0.2) is 19.6 Å². The molecule has 0 radical (unpaired) electrons. The van der Waals surface area contributed by atoms with E-state index in [-0.39, 0.29) is 18.6 Å². The Hall–Kier alpha value is -2.01. The van der Waals surface area contributed by atoms with Crippen LogP contribution in [0.3, 0.4) is 0 Å². The van der Waals surface area contributed by atoms with Crippen molar-refractivity contribution in [3.05, 3.63) is 57.6 Å². The number of amides is 1. The van der Waals surface area contributed by atoms with E-state index in [1.165, 1.54) is 0 Å². The van der Waals surface area contributed by atoms with E-state index in [2.05, 4.69) is 21.2 Å². The molecule has 0 saturated heterocycles. The van der Waals surface area contributed by atoms with Gasteiger partial charge in [0.25, 0.3) is 5.91 Å². The molecule has 1 amide bonds.